The molecule has 4 heteroatoms. The molecule has 0 saturated heterocycles. The summed E-state index contributed by atoms with van der Waals surface area (Å²) >= 11 is 0. The third kappa shape index (κ3) is 3.82. The Balaban J connectivity index is 2.19. The predicted molar refractivity (Wildman–Crippen MR) is 80.2 cm³/mol. The van der Waals surface area contributed by atoms with Crippen LogP contribution in [-0.4, -0.2) is 22.6 Å². The molecule has 0 bridgehead atoms. The number of hydrogen-bond acceptors (Lipinski definition) is 4. The number of nitrogens with zero attached hydrogens (tertiary/aromatic N) is 3. The summed E-state index contributed by atoms with van der Waals surface area (Å²) in [6.45, 7) is 7.52. The standard InChI is InChI=1S/C15H26N4/c1-11(2)8-9-19(13-6-4-5-7-13)15-10-14(16)17-12(3)18-15/h10-11,13H,4-9H2,1-3H3,(H2,16,17,18). The first-order chi connectivity index (χ1) is 9.06. The zero-order valence-corrected chi connectivity index (χ0v) is 12.4. The monoisotopic (exact) mass is 262 g/mol. The molecule has 0 unspecified atom stereocenters. The molecule has 1 heterocycles. The summed E-state index contributed by atoms with van der Waals surface area (Å²) in [5, 5.41) is 0. The molecule has 0 atom stereocenters. The van der Waals surface area contributed by atoms with Gasteiger partial charge in [0.05, 0.1) is 0 Å². The lowest BCUT2D eigenvalue weighted by atomic mass is 10.1. The first kappa shape index (κ1) is 14.1. The first-order valence-electron chi connectivity index (χ1n) is 7.44. The Kier molecular flexibility index (Phi) is 4.61. The van der Waals surface area contributed by atoms with Crippen LogP contribution in [0.15, 0.2) is 6.07 Å². The summed E-state index contributed by atoms with van der Waals surface area (Å²) in [7, 11) is 0. The summed E-state index contributed by atoms with van der Waals surface area (Å²) in [4.78, 5) is 11.2. The highest BCUT2D eigenvalue weighted by Gasteiger charge is 2.24. The number of rotatable bonds is 5. The molecule has 19 heavy (non-hydrogen) atoms. The summed E-state index contributed by atoms with van der Waals surface area (Å²) in [6.07, 6.45) is 6.42. The molecule has 106 valence electrons. The van der Waals surface area contributed by atoms with Gasteiger partial charge >= 0.3 is 0 Å². The zero-order valence-electron chi connectivity index (χ0n) is 12.4. The van der Waals surface area contributed by atoms with Gasteiger partial charge < -0.3 is 10.6 Å². The van der Waals surface area contributed by atoms with E-state index in [1.807, 2.05) is 13.0 Å². The van der Waals surface area contributed by atoms with Crippen LogP contribution in [0, 0.1) is 12.8 Å². The minimum Gasteiger partial charge on any atom is -0.384 e. The van der Waals surface area contributed by atoms with Crippen molar-refractivity contribution in [2.24, 2.45) is 5.92 Å². The minimum absolute atomic E-state index is 0.579. The molecule has 0 aromatic carbocycles. The predicted octanol–water partition coefficient (Wildman–Crippen LogP) is 3.16. The van der Waals surface area contributed by atoms with Crippen molar-refractivity contribution in [2.45, 2.75) is 58.9 Å². The van der Waals surface area contributed by atoms with Crippen LogP contribution in [0.5, 0.6) is 0 Å². The Morgan fingerprint density at radius 3 is 2.58 bits per heavy atom. The SMILES string of the molecule is Cc1nc(N)cc(N(CCC(C)C)C2CCCC2)n1. The van der Waals surface area contributed by atoms with Gasteiger partial charge in [-0.05, 0) is 32.1 Å². The molecule has 4 nitrogen and oxygen atoms in total. The number of aryl methyl sites for hydroxylation is 1. The number of hydrogen-bond donors (Lipinski definition) is 1. The lowest BCUT2D eigenvalue weighted by molar-refractivity contribution is 0.524. The number of anilines is 2. The molecular formula is C15H26N4. The summed E-state index contributed by atoms with van der Waals surface area (Å²) in [6, 6.07) is 2.55. The molecule has 1 aromatic heterocycles. The van der Waals surface area contributed by atoms with Gasteiger partial charge in [0.15, 0.2) is 0 Å². The van der Waals surface area contributed by atoms with Crippen molar-refractivity contribution >= 4 is 11.6 Å². The van der Waals surface area contributed by atoms with E-state index in [1.165, 1.54) is 32.1 Å². The molecule has 1 aliphatic carbocycles. The maximum atomic E-state index is 5.87. The molecule has 0 spiro atoms. The van der Waals surface area contributed by atoms with E-state index in [9.17, 15) is 0 Å². The normalized spacial score (nSPS) is 16.2. The average molecular weight is 262 g/mol. The van der Waals surface area contributed by atoms with Crippen LogP contribution in [0.3, 0.4) is 0 Å². The highest BCUT2D eigenvalue weighted by Crippen LogP contribution is 2.28. The first-order valence-corrected chi connectivity index (χ1v) is 7.44. The molecule has 0 aliphatic heterocycles. The van der Waals surface area contributed by atoms with Gasteiger partial charge in [-0.15, -0.1) is 0 Å². The number of nitrogen functional groups attached to an aromatic ring is 1. The van der Waals surface area contributed by atoms with Gasteiger partial charge in [-0.2, -0.15) is 0 Å². The Bertz CT molecular complexity index is 390. The third-order valence-electron chi connectivity index (χ3n) is 3.85. The quantitative estimate of drug-likeness (QED) is 0.885. The van der Waals surface area contributed by atoms with Crippen molar-refractivity contribution in [2.75, 3.05) is 17.2 Å². The summed E-state index contributed by atoms with van der Waals surface area (Å²) in [5.41, 5.74) is 5.87. The van der Waals surface area contributed by atoms with E-state index in [0.29, 0.717) is 17.8 Å². The van der Waals surface area contributed by atoms with Gasteiger partial charge in [0.1, 0.15) is 17.5 Å². The van der Waals surface area contributed by atoms with Crippen LogP contribution < -0.4 is 10.6 Å². The lowest BCUT2D eigenvalue weighted by Gasteiger charge is -2.31. The van der Waals surface area contributed by atoms with E-state index in [-0.39, 0.29) is 0 Å². The summed E-state index contributed by atoms with van der Waals surface area (Å²) in [5.74, 6) is 3.07. The van der Waals surface area contributed by atoms with Crippen molar-refractivity contribution in [1.82, 2.24) is 9.97 Å². The van der Waals surface area contributed by atoms with E-state index >= 15 is 0 Å². The van der Waals surface area contributed by atoms with Crippen LogP contribution in [0.2, 0.25) is 0 Å². The number of aromatic nitrogens is 2. The smallest absolute Gasteiger partial charge is 0.134 e. The molecule has 0 radical (unpaired) electrons. The Morgan fingerprint density at radius 2 is 2.00 bits per heavy atom. The van der Waals surface area contributed by atoms with E-state index in [4.69, 9.17) is 5.73 Å². The Morgan fingerprint density at radius 1 is 1.32 bits per heavy atom. The van der Waals surface area contributed by atoms with Gasteiger partial charge in [0.2, 0.25) is 0 Å². The molecule has 2 N–H and O–H groups in total. The molecule has 1 aromatic rings. The van der Waals surface area contributed by atoms with E-state index in [0.717, 1.165) is 18.2 Å². The molecule has 1 aliphatic rings. The zero-order chi connectivity index (χ0) is 13.8. The second-order valence-corrected chi connectivity index (χ2v) is 6.01. The topological polar surface area (TPSA) is 55.0 Å². The Hall–Kier alpha value is -1.32. The summed E-state index contributed by atoms with van der Waals surface area (Å²) < 4.78 is 0. The molecular weight excluding hydrogens is 236 g/mol. The van der Waals surface area contributed by atoms with Crippen molar-refractivity contribution in [3.05, 3.63) is 11.9 Å². The fourth-order valence-corrected chi connectivity index (χ4v) is 2.82. The van der Waals surface area contributed by atoms with E-state index in [1.54, 1.807) is 0 Å². The number of nitrogens with two attached hydrogens (primary N) is 1. The maximum Gasteiger partial charge on any atom is 0.134 e. The second-order valence-electron chi connectivity index (χ2n) is 6.01. The average Bonchev–Trinajstić information content (AvgIpc) is 2.81. The van der Waals surface area contributed by atoms with E-state index < -0.39 is 0 Å². The van der Waals surface area contributed by atoms with Crippen LogP contribution in [-0.2, 0) is 0 Å². The molecule has 1 saturated carbocycles. The molecule has 1 fully saturated rings. The fraction of sp³-hybridized carbons (Fsp3) is 0.733. The van der Waals surface area contributed by atoms with Gasteiger partial charge in [0, 0.05) is 18.7 Å². The van der Waals surface area contributed by atoms with Crippen LogP contribution >= 0.6 is 0 Å². The van der Waals surface area contributed by atoms with Crippen LogP contribution in [0.4, 0.5) is 11.6 Å². The largest absolute Gasteiger partial charge is 0.384 e. The minimum atomic E-state index is 0.579. The third-order valence-corrected chi connectivity index (χ3v) is 3.85. The fourth-order valence-electron chi connectivity index (χ4n) is 2.82. The Labute approximate surface area is 116 Å². The van der Waals surface area contributed by atoms with Crippen molar-refractivity contribution in [1.29, 1.82) is 0 Å². The van der Waals surface area contributed by atoms with Gasteiger partial charge in [-0.25, -0.2) is 9.97 Å². The maximum absolute atomic E-state index is 5.87. The lowest BCUT2D eigenvalue weighted by Crippen LogP contribution is -2.35. The van der Waals surface area contributed by atoms with Crippen molar-refractivity contribution < 1.29 is 0 Å². The van der Waals surface area contributed by atoms with Gasteiger partial charge in [0.25, 0.3) is 0 Å². The van der Waals surface area contributed by atoms with Crippen LogP contribution in [0.1, 0.15) is 51.8 Å². The molecule has 2 rings (SSSR count). The molecule has 0 amide bonds. The van der Waals surface area contributed by atoms with E-state index in [2.05, 4.69) is 28.7 Å². The van der Waals surface area contributed by atoms with Crippen molar-refractivity contribution in [3.63, 3.8) is 0 Å². The second kappa shape index (κ2) is 6.22. The van der Waals surface area contributed by atoms with Gasteiger partial charge in [-0.3, -0.25) is 0 Å². The van der Waals surface area contributed by atoms with Crippen LogP contribution in [0.25, 0.3) is 0 Å². The van der Waals surface area contributed by atoms with Gasteiger partial charge in [-0.1, -0.05) is 26.7 Å². The highest BCUT2D eigenvalue weighted by molar-refractivity contribution is 5.47. The van der Waals surface area contributed by atoms with Crippen molar-refractivity contribution in [3.8, 4) is 0 Å². The highest BCUT2D eigenvalue weighted by atomic mass is 15.2.